The lowest BCUT2D eigenvalue weighted by molar-refractivity contribution is 0.103. The van der Waals surface area contributed by atoms with Crippen molar-refractivity contribution in [3.63, 3.8) is 0 Å². The van der Waals surface area contributed by atoms with Crippen LogP contribution >= 0.6 is 0 Å². The molecule has 0 saturated heterocycles. The van der Waals surface area contributed by atoms with E-state index in [-0.39, 0.29) is 10.7 Å². The zero-order valence-electron chi connectivity index (χ0n) is 11.8. The summed E-state index contributed by atoms with van der Waals surface area (Å²) in [5.41, 5.74) is 3.59. The van der Waals surface area contributed by atoms with Crippen LogP contribution in [0.3, 0.4) is 0 Å². The number of ketones is 1. The van der Waals surface area contributed by atoms with Crippen LogP contribution in [-0.4, -0.2) is 20.5 Å². The summed E-state index contributed by atoms with van der Waals surface area (Å²) in [4.78, 5) is 12.7. The summed E-state index contributed by atoms with van der Waals surface area (Å²) >= 11 is 0. The van der Waals surface area contributed by atoms with Crippen molar-refractivity contribution in [1.29, 1.82) is 0 Å². The van der Waals surface area contributed by atoms with Gasteiger partial charge in [-0.3, -0.25) is 4.79 Å². The van der Waals surface area contributed by atoms with Gasteiger partial charge in [-0.15, -0.1) is 0 Å². The van der Waals surface area contributed by atoms with E-state index in [1.165, 1.54) is 23.3 Å². The van der Waals surface area contributed by atoms with Gasteiger partial charge in [0.15, 0.2) is 15.6 Å². The lowest BCUT2D eigenvalue weighted by Gasteiger charge is -2.06. The summed E-state index contributed by atoms with van der Waals surface area (Å²) in [5, 5.41) is 0. The lowest BCUT2D eigenvalue weighted by Crippen LogP contribution is -2.05. The Labute approximate surface area is 124 Å². The first-order valence-corrected chi connectivity index (χ1v) is 8.81. The average Bonchev–Trinajstić information content (AvgIpc) is 2.93. The molecule has 0 radical (unpaired) electrons. The summed E-state index contributed by atoms with van der Waals surface area (Å²) in [6.07, 6.45) is 4.37. The number of carbonyl (C=O) groups is 1. The number of sulfone groups is 1. The molecule has 0 fully saturated rings. The number of fused-ring (bicyclic) bond motifs is 1. The molecule has 2 aromatic carbocycles. The van der Waals surface area contributed by atoms with Gasteiger partial charge in [-0.1, -0.05) is 24.3 Å². The second kappa shape index (κ2) is 5.11. The summed E-state index contributed by atoms with van der Waals surface area (Å²) < 4.78 is 23.2. The monoisotopic (exact) mass is 300 g/mol. The molecular formula is C17H16O3S. The molecule has 0 unspecified atom stereocenters. The van der Waals surface area contributed by atoms with Crippen LogP contribution < -0.4 is 0 Å². The van der Waals surface area contributed by atoms with E-state index in [1.807, 2.05) is 18.2 Å². The van der Waals surface area contributed by atoms with E-state index in [2.05, 4.69) is 0 Å². The SMILES string of the molecule is CS(=O)(=O)c1cccc(C(=O)c2ccc3c(c2)CCC3)c1. The fraction of sp³-hybridized carbons (Fsp3) is 0.235. The molecule has 0 N–H and O–H groups in total. The molecule has 108 valence electrons. The Morgan fingerprint density at radius 2 is 1.67 bits per heavy atom. The zero-order valence-corrected chi connectivity index (χ0v) is 12.6. The summed E-state index contributed by atoms with van der Waals surface area (Å²) in [5.74, 6) is -0.129. The van der Waals surface area contributed by atoms with Gasteiger partial charge in [0.1, 0.15) is 0 Å². The summed E-state index contributed by atoms with van der Waals surface area (Å²) in [7, 11) is -3.30. The van der Waals surface area contributed by atoms with Crippen LogP contribution in [-0.2, 0) is 22.7 Å². The normalized spacial score (nSPS) is 14.0. The fourth-order valence-electron chi connectivity index (χ4n) is 2.75. The number of rotatable bonds is 3. The molecule has 1 aliphatic rings. The molecule has 0 bridgehead atoms. The maximum Gasteiger partial charge on any atom is 0.193 e. The van der Waals surface area contributed by atoms with Gasteiger partial charge in [-0.2, -0.15) is 0 Å². The van der Waals surface area contributed by atoms with Crippen molar-refractivity contribution in [3.8, 4) is 0 Å². The molecule has 0 spiro atoms. The van der Waals surface area contributed by atoms with E-state index in [9.17, 15) is 13.2 Å². The van der Waals surface area contributed by atoms with Crippen LogP contribution in [0.4, 0.5) is 0 Å². The van der Waals surface area contributed by atoms with E-state index in [0.29, 0.717) is 11.1 Å². The topological polar surface area (TPSA) is 51.2 Å². The number of aryl methyl sites for hydroxylation is 2. The minimum absolute atomic E-state index is 0.129. The molecule has 1 aliphatic carbocycles. The van der Waals surface area contributed by atoms with Gasteiger partial charge < -0.3 is 0 Å². The van der Waals surface area contributed by atoms with E-state index in [0.717, 1.165) is 25.5 Å². The second-order valence-corrected chi connectivity index (χ2v) is 7.48. The minimum atomic E-state index is -3.30. The maximum atomic E-state index is 12.5. The Morgan fingerprint density at radius 1 is 0.952 bits per heavy atom. The maximum absolute atomic E-state index is 12.5. The Hall–Kier alpha value is -1.94. The van der Waals surface area contributed by atoms with Crippen LogP contribution in [0.2, 0.25) is 0 Å². The standard InChI is InChI=1S/C17H16O3S/c1-21(19,20)16-7-3-6-14(11-16)17(18)15-9-8-12-4-2-5-13(12)10-15/h3,6-11H,2,4-5H2,1H3. The molecule has 0 amide bonds. The van der Waals surface area contributed by atoms with E-state index in [4.69, 9.17) is 0 Å². The second-order valence-electron chi connectivity index (χ2n) is 5.47. The van der Waals surface area contributed by atoms with Crippen LogP contribution in [0, 0.1) is 0 Å². The quantitative estimate of drug-likeness (QED) is 0.819. The van der Waals surface area contributed by atoms with Crippen molar-refractivity contribution in [2.45, 2.75) is 24.2 Å². The minimum Gasteiger partial charge on any atom is -0.289 e. The molecule has 0 aliphatic heterocycles. The van der Waals surface area contributed by atoms with Crippen LogP contribution in [0.25, 0.3) is 0 Å². The molecule has 0 heterocycles. The molecule has 3 nitrogen and oxygen atoms in total. The first-order valence-electron chi connectivity index (χ1n) is 6.92. The van der Waals surface area contributed by atoms with Gasteiger partial charge in [-0.05, 0) is 48.6 Å². The number of carbonyl (C=O) groups excluding carboxylic acids is 1. The molecule has 21 heavy (non-hydrogen) atoms. The van der Waals surface area contributed by atoms with Gasteiger partial charge in [0.2, 0.25) is 0 Å². The van der Waals surface area contributed by atoms with Gasteiger partial charge in [0.25, 0.3) is 0 Å². The predicted octanol–water partition coefficient (Wildman–Crippen LogP) is 2.81. The Morgan fingerprint density at radius 3 is 2.43 bits per heavy atom. The molecule has 3 rings (SSSR count). The summed E-state index contributed by atoms with van der Waals surface area (Å²) in [6, 6.07) is 12.0. The average molecular weight is 300 g/mol. The molecule has 0 aromatic heterocycles. The highest BCUT2D eigenvalue weighted by Crippen LogP contribution is 2.24. The summed E-state index contributed by atoms with van der Waals surface area (Å²) in [6.45, 7) is 0. The van der Waals surface area contributed by atoms with Gasteiger partial charge >= 0.3 is 0 Å². The highest BCUT2D eigenvalue weighted by Gasteiger charge is 2.16. The molecule has 0 atom stereocenters. The molecule has 2 aromatic rings. The first-order chi connectivity index (χ1) is 9.95. The number of hydrogen-bond donors (Lipinski definition) is 0. The number of hydrogen-bond acceptors (Lipinski definition) is 3. The van der Waals surface area contributed by atoms with Crippen molar-refractivity contribution in [1.82, 2.24) is 0 Å². The Kier molecular flexibility index (Phi) is 3.41. The molecule has 0 saturated carbocycles. The van der Waals surface area contributed by atoms with Crippen molar-refractivity contribution in [2.24, 2.45) is 0 Å². The molecular weight excluding hydrogens is 284 g/mol. The van der Waals surface area contributed by atoms with Crippen molar-refractivity contribution in [2.75, 3.05) is 6.26 Å². The van der Waals surface area contributed by atoms with Crippen molar-refractivity contribution >= 4 is 15.6 Å². The van der Waals surface area contributed by atoms with Crippen LogP contribution in [0.5, 0.6) is 0 Å². The Bertz CT molecular complexity index is 820. The zero-order chi connectivity index (χ0) is 15.0. The van der Waals surface area contributed by atoms with Gasteiger partial charge in [-0.25, -0.2) is 8.42 Å². The highest BCUT2D eigenvalue weighted by molar-refractivity contribution is 7.90. The van der Waals surface area contributed by atoms with Gasteiger partial charge in [0, 0.05) is 17.4 Å². The largest absolute Gasteiger partial charge is 0.289 e. The third-order valence-electron chi connectivity index (χ3n) is 3.89. The smallest absolute Gasteiger partial charge is 0.193 e. The van der Waals surface area contributed by atoms with Crippen molar-refractivity contribution < 1.29 is 13.2 Å². The number of benzene rings is 2. The van der Waals surface area contributed by atoms with E-state index < -0.39 is 9.84 Å². The van der Waals surface area contributed by atoms with Crippen LogP contribution in [0.1, 0.15) is 33.5 Å². The predicted molar refractivity (Wildman–Crippen MR) is 81.5 cm³/mol. The van der Waals surface area contributed by atoms with E-state index >= 15 is 0 Å². The third-order valence-corrected chi connectivity index (χ3v) is 5.00. The van der Waals surface area contributed by atoms with E-state index in [1.54, 1.807) is 12.1 Å². The third kappa shape index (κ3) is 2.76. The van der Waals surface area contributed by atoms with Crippen LogP contribution in [0.15, 0.2) is 47.4 Å². The fourth-order valence-corrected chi connectivity index (χ4v) is 3.41. The van der Waals surface area contributed by atoms with Gasteiger partial charge in [0.05, 0.1) is 4.90 Å². The molecule has 4 heteroatoms. The highest BCUT2D eigenvalue weighted by atomic mass is 32.2. The Balaban J connectivity index is 1.99. The lowest BCUT2D eigenvalue weighted by atomic mass is 9.99. The first kappa shape index (κ1) is 14.0. The van der Waals surface area contributed by atoms with Crippen molar-refractivity contribution in [3.05, 3.63) is 64.7 Å².